The summed E-state index contributed by atoms with van der Waals surface area (Å²) in [6.45, 7) is 0. The van der Waals surface area contributed by atoms with Gasteiger partial charge in [-0.3, -0.25) is 14.6 Å². The number of carbonyl (C=O) groups excluding carboxylic acids is 2. The molecule has 2 N–H and O–H groups in total. The van der Waals surface area contributed by atoms with Gasteiger partial charge in [0.2, 0.25) is 11.6 Å². The Morgan fingerprint density at radius 1 is 0.923 bits per heavy atom. The number of rotatable bonds is 3. The van der Waals surface area contributed by atoms with E-state index in [0.29, 0.717) is 22.1 Å². The van der Waals surface area contributed by atoms with Crippen LogP contribution in [-0.2, 0) is 0 Å². The number of ketones is 2. The Hall–Kier alpha value is -2.96. The number of H-pyrrole nitrogens is 1. The van der Waals surface area contributed by atoms with Crippen molar-refractivity contribution in [3.05, 3.63) is 75.9 Å². The second-order valence-electron chi connectivity index (χ2n) is 5.52. The molecule has 0 atom stereocenters. The van der Waals surface area contributed by atoms with Crippen LogP contribution in [0.5, 0.6) is 0 Å². The second-order valence-corrected chi connectivity index (χ2v) is 6.34. The van der Waals surface area contributed by atoms with E-state index in [4.69, 9.17) is 23.2 Å². The third-order valence-electron chi connectivity index (χ3n) is 3.86. The van der Waals surface area contributed by atoms with Crippen molar-refractivity contribution in [1.82, 2.24) is 15.0 Å². The van der Waals surface area contributed by atoms with Crippen molar-refractivity contribution in [2.75, 3.05) is 5.32 Å². The molecule has 0 radical (unpaired) electrons. The minimum atomic E-state index is -0.495. The SMILES string of the molecule is O=C1C(Nc2ccc(Cl)cc2)=C(Cl)C(=O)c2[nH]c(-c3ccncc3)nc21. The van der Waals surface area contributed by atoms with E-state index in [0.717, 1.165) is 0 Å². The Labute approximate surface area is 157 Å². The van der Waals surface area contributed by atoms with Crippen LogP contribution in [0.4, 0.5) is 5.69 Å². The fourth-order valence-corrected chi connectivity index (χ4v) is 2.93. The molecule has 0 bridgehead atoms. The van der Waals surface area contributed by atoms with Gasteiger partial charge in [-0.15, -0.1) is 0 Å². The number of anilines is 1. The highest BCUT2D eigenvalue weighted by Crippen LogP contribution is 2.30. The Kier molecular flexibility index (Phi) is 4.06. The summed E-state index contributed by atoms with van der Waals surface area (Å²) < 4.78 is 0. The van der Waals surface area contributed by atoms with Gasteiger partial charge in [-0.1, -0.05) is 23.2 Å². The van der Waals surface area contributed by atoms with Crippen LogP contribution in [-0.4, -0.2) is 26.5 Å². The van der Waals surface area contributed by atoms with Crippen LogP contribution in [0.25, 0.3) is 11.4 Å². The number of allylic oxidation sites excluding steroid dienone is 2. The molecule has 0 spiro atoms. The molecule has 0 aliphatic heterocycles. The number of nitrogens with one attached hydrogen (secondary N) is 2. The summed E-state index contributed by atoms with van der Waals surface area (Å²) in [6, 6.07) is 10.1. The van der Waals surface area contributed by atoms with Crippen molar-refractivity contribution >= 4 is 40.5 Å². The average Bonchev–Trinajstić information content (AvgIpc) is 3.11. The number of nitrogens with zero attached hydrogens (tertiary/aromatic N) is 2. The number of aromatic amines is 1. The Balaban J connectivity index is 1.73. The zero-order valence-electron chi connectivity index (χ0n) is 13.1. The molecule has 2 heterocycles. The van der Waals surface area contributed by atoms with Crippen molar-refractivity contribution < 1.29 is 9.59 Å². The molecule has 0 amide bonds. The summed E-state index contributed by atoms with van der Waals surface area (Å²) in [5.41, 5.74) is 1.38. The van der Waals surface area contributed by atoms with Crippen LogP contribution >= 0.6 is 23.2 Å². The van der Waals surface area contributed by atoms with Crippen LogP contribution in [0.1, 0.15) is 21.0 Å². The van der Waals surface area contributed by atoms with E-state index in [1.807, 2.05) is 0 Å². The maximum atomic E-state index is 12.8. The molecule has 128 valence electrons. The summed E-state index contributed by atoms with van der Waals surface area (Å²) in [6.07, 6.45) is 3.19. The molecule has 0 saturated heterocycles. The summed E-state index contributed by atoms with van der Waals surface area (Å²) in [5, 5.41) is 3.24. The lowest BCUT2D eigenvalue weighted by atomic mass is 10.0. The van der Waals surface area contributed by atoms with Gasteiger partial charge in [0.15, 0.2) is 0 Å². The van der Waals surface area contributed by atoms with Crippen LogP contribution in [0.15, 0.2) is 59.5 Å². The first-order chi connectivity index (χ1) is 12.5. The molecule has 2 aromatic heterocycles. The third kappa shape index (κ3) is 2.79. The van der Waals surface area contributed by atoms with Gasteiger partial charge in [-0.25, -0.2) is 4.98 Å². The van der Waals surface area contributed by atoms with Crippen molar-refractivity contribution in [2.24, 2.45) is 0 Å². The summed E-state index contributed by atoms with van der Waals surface area (Å²) in [5.74, 6) is -0.557. The predicted octanol–water partition coefficient (Wildman–Crippen LogP) is 4.07. The lowest BCUT2D eigenvalue weighted by Gasteiger charge is -2.15. The number of carbonyl (C=O) groups is 2. The van der Waals surface area contributed by atoms with Gasteiger partial charge in [0.05, 0.1) is 0 Å². The summed E-state index contributed by atoms with van der Waals surface area (Å²) >= 11 is 12.0. The maximum Gasteiger partial charge on any atom is 0.231 e. The molecule has 8 heteroatoms. The first-order valence-electron chi connectivity index (χ1n) is 7.57. The van der Waals surface area contributed by atoms with E-state index < -0.39 is 11.6 Å². The van der Waals surface area contributed by atoms with Crippen LogP contribution in [0, 0.1) is 0 Å². The quantitative estimate of drug-likeness (QED) is 0.710. The van der Waals surface area contributed by atoms with Gasteiger partial charge in [0.1, 0.15) is 27.9 Å². The Morgan fingerprint density at radius 3 is 2.31 bits per heavy atom. The molecular weight excluding hydrogens is 375 g/mol. The van der Waals surface area contributed by atoms with Crippen molar-refractivity contribution in [2.45, 2.75) is 0 Å². The number of benzene rings is 1. The van der Waals surface area contributed by atoms with Gasteiger partial charge in [0.25, 0.3) is 0 Å². The van der Waals surface area contributed by atoms with E-state index in [2.05, 4.69) is 20.3 Å². The van der Waals surface area contributed by atoms with E-state index >= 15 is 0 Å². The van der Waals surface area contributed by atoms with Crippen molar-refractivity contribution in [3.63, 3.8) is 0 Å². The molecular formula is C18H10Cl2N4O2. The first-order valence-corrected chi connectivity index (χ1v) is 8.32. The van der Waals surface area contributed by atoms with Crippen molar-refractivity contribution in [1.29, 1.82) is 0 Å². The fourth-order valence-electron chi connectivity index (χ4n) is 2.58. The minimum absolute atomic E-state index is 0.0146. The number of aromatic nitrogens is 3. The zero-order chi connectivity index (χ0) is 18.3. The number of fused-ring (bicyclic) bond motifs is 1. The summed E-state index contributed by atoms with van der Waals surface area (Å²) in [7, 11) is 0. The molecule has 4 rings (SSSR count). The Bertz CT molecular complexity index is 1060. The Morgan fingerprint density at radius 2 is 1.62 bits per heavy atom. The van der Waals surface area contributed by atoms with Crippen molar-refractivity contribution in [3.8, 4) is 11.4 Å². The first kappa shape index (κ1) is 16.5. The molecule has 26 heavy (non-hydrogen) atoms. The number of Topliss-reactive ketones (excluding diaryl/α,β-unsaturated/α-hetero) is 2. The van der Waals surface area contributed by atoms with Gasteiger partial charge < -0.3 is 10.3 Å². The highest BCUT2D eigenvalue weighted by Gasteiger charge is 2.35. The van der Waals surface area contributed by atoms with Gasteiger partial charge in [-0.05, 0) is 36.4 Å². The number of hydrogen-bond acceptors (Lipinski definition) is 5. The largest absolute Gasteiger partial charge is 0.351 e. The fraction of sp³-hybridized carbons (Fsp3) is 0. The van der Waals surface area contributed by atoms with Gasteiger partial charge in [0, 0.05) is 28.7 Å². The number of imidazole rings is 1. The maximum absolute atomic E-state index is 12.8. The molecule has 1 aliphatic rings. The molecule has 1 aromatic carbocycles. The molecule has 0 unspecified atom stereocenters. The average molecular weight is 385 g/mol. The number of pyridine rings is 1. The smallest absolute Gasteiger partial charge is 0.231 e. The molecule has 6 nitrogen and oxygen atoms in total. The van der Waals surface area contributed by atoms with Gasteiger partial charge >= 0.3 is 0 Å². The summed E-state index contributed by atoms with van der Waals surface area (Å²) in [4.78, 5) is 36.5. The molecule has 0 fully saturated rings. The molecule has 0 saturated carbocycles. The highest BCUT2D eigenvalue weighted by molar-refractivity contribution is 6.50. The topological polar surface area (TPSA) is 87.7 Å². The number of hydrogen-bond donors (Lipinski definition) is 2. The van der Waals surface area contributed by atoms with E-state index in [9.17, 15) is 9.59 Å². The normalized spacial score (nSPS) is 13.8. The lowest BCUT2D eigenvalue weighted by Crippen LogP contribution is -2.24. The van der Waals surface area contributed by atoms with E-state index in [1.54, 1.807) is 48.8 Å². The van der Waals surface area contributed by atoms with E-state index in [1.165, 1.54) is 0 Å². The zero-order valence-corrected chi connectivity index (χ0v) is 14.6. The van der Waals surface area contributed by atoms with Crippen LogP contribution in [0.3, 0.4) is 0 Å². The second kappa shape index (κ2) is 6.40. The standard InChI is InChI=1S/C18H10Cl2N4O2/c19-10-1-3-11(4-2-10)22-13-12(20)16(25)14-15(17(13)26)24-18(23-14)9-5-7-21-8-6-9/h1-8,22H,(H,23,24). The van der Waals surface area contributed by atoms with E-state index in [-0.39, 0.29) is 22.1 Å². The molecule has 3 aromatic rings. The van der Waals surface area contributed by atoms with Crippen LogP contribution in [0.2, 0.25) is 5.02 Å². The highest BCUT2D eigenvalue weighted by atomic mass is 35.5. The van der Waals surface area contributed by atoms with Gasteiger partial charge in [-0.2, -0.15) is 0 Å². The predicted molar refractivity (Wildman–Crippen MR) is 98.4 cm³/mol. The lowest BCUT2D eigenvalue weighted by molar-refractivity contribution is 0.0977. The molecule has 1 aliphatic carbocycles. The minimum Gasteiger partial charge on any atom is -0.351 e. The monoisotopic (exact) mass is 384 g/mol. The van der Waals surface area contributed by atoms with Crippen LogP contribution < -0.4 is 5.32 Å². The number of halogens is 2. The third-order valence-corrected chi connectivity index (χ3v) is 4.47.